The average molecular weight is 304 g/mol. The van der Waals surface area contributed by atoms with E-state index >= 15 is 0 Å². The van der Waals surface area contributed by atoms with Gasteiger partial charge in [0.1, 0.15) is 12.9 Å². The Morgan fingerprint density at radius 3 is 2.71 bits per heavy atom. The molecular weight excluding hydrogens is 276 g/mol. The third-order valence-electron chi connectivity index (χ3n) is 2.80. The fraction of sp³-hybridized carbons (Fsp3) is 0.846. The van der Waals surface area contributed by atoms with Gasteiger partial charge in [-0.2, -0.15) is 5.48 Å². The molecule has 0 aromatic rings. The Bertz CT molecular complexity index is 267. The number of likely N-dealkylation sites (N-methyl/N-ethyl adjacent to an activating group) is 1. The smallest absolute Gasteiger partial charge is 0.245 e. The summed E-state index contributed by atoms with van der Waals surface area (Å²) in [5, 5.41) is 17.5. The van der Waals surface area contributed by atoms with Crippen molar-refractivity contribution < 1.29 is 19.5 Å². The quantitative estimate of drug-likeness (QED) is 0.144. The van der Waals surface area contributed by atoms with Crippen LogP contribution >= 0.6 is 0 Å². The minimum Gasteiger partial charge on any atom is -0.370 e. The highest BCUT2D eigenvalue weighted by molar-refractivity contribution is 5.77. The van der Waals surface area contributed by atoms with Crippen molar-refractivity contribution in [1.29, 1.82) is 0 Å². The van der Waals surface area contributed by atoms with Crippen molar-refractivity contribution in [2.45, 2.75) is 25.3 Å². The lowest BCUT2D eigenvalue weighted by molar-refractivity contribution is -0.125. The molecule has 1 amide bonds. The molecule has 0 aromatic heterocycles. The number of ether oxygens (including phenoxy) is 1. The van der Waals surface area contributed by atoms with Crippen LogP contribution in [-0.4, -0.2) is 69.9 Å². The standard InChI is InChI=1S/C13H28N4O4/c1-14-6-7-15-8-9-21-11-13(19)16-5-3-2-4-12(10-18)17-20/h10,12,14-15,17,20H,2-9,11H2,1H3,(H,16,19). The maximum atomic E-state index is 11.4. The first-order valence-corrected chi connectivity index (χ1v) is 7.29. The zero-order chi connectivity index (χ0) is 15.8. The Balaban J connectivity index is 3.29. The Hall–Kier alpha value is -1.06. The molecule has 0 radical (unpaired) electrons. The van der Waals surface area contributed by atoms with E-state index in [0.717, 1.165) is 32.5 Å². The molecule has 0 spiro atoms. The van der Waals surface area contributed by atoms with Crippen LogP contribution < -0.4 is 21.4 Å². The predicted octanol–water partition coefficient (Wildman–Crippen LogP) is -1.36. The molecule has 0 fully saturated rings. The number of nitrogens with one attached hydrogen (secondary N) is 4. The Kier molecular flexibility index (Phi) is 14.6. The number of hydrogen-bond acceptors (Lipinski definition) is 7. The van der Waals surface area contributed by atoms with Gasteiger partial charge in [0, 0.05) is 26.2 Å². The highest BCUT2D eigenvalue weighted by atomic mass is 16.5. The summed E-state index contributed by atoms with van der Waals surface area (Å²) in [6, 6.07) is -0.528. The van der Waals surface area contributed by atoms with Gasteiger partial charge in [-0.3, -0.25) is 4.79 Å². The second kappa shape index (κ2) is 15.3. The lowest BCUT2D eigenvalue weighted by Crippen LogP contribution is -2.31. The average Bonchev–Trinajstić information content (AvgIpc) is 2.50. The van der Waals surface area contributed by atoms with Gasteiger partial charge in [-0.25, -0.2) is 0 Å². The van der Waals surface area contributed by atoms with Gasteiger partial charge in [-0.1, -0.05) is 0 Å². The van der Waals surface area contributed by atoms with E-state index in [1.54, 1.807) is 0 Å². The zero-order valence-corrected chi connectivity index (χ0v) is 12.7. The van der Waals surface area contributed by atoms with Gasteiger partial charge in [-0.15, -0.1) is 0 Å². The highest BCUT2D eigenvalue weighted by Gasteiger charge is 2.04. The second-order valence-corrected chi connectivity index (χ2v) is 4.62. The molecule has 0 saturated heterocycles. The number of amides is 1. The maximum Gasteiger partial charge on any atom is 0.245 e. The molecule has 1 unspecified atom stereocenters. The van der Waals surface area contributed by atoms with E-state index in [1.165, 1.54) is 0 Å². The molecule has 21 heavy (non-hydrogen) atoms. The molecule has 0 aromatic carbocycles. The summed E-state index contributed by atoms with van der Waals surface area (Å²) in [6.45, 7) is 3.59. The summed E-state index contributed by atoms with van der Waals surface area (Å²) < 4.78 is 5.22. The molecule has 0 heterocycles. The van der Waals surface area contributed by atoms with Crippen LogP contribution in [-0.2, 0) is 14.3 Å². The van der Waals surface area contributed by atoms with E-state index in [2.05, 4.69) is 16.0 Å². The molecule has 1 atom stereocenters. The monoisotopic (exact) mass is 304 g/mol. The Morgan fingerprint density at radius 2 is 2.05 bits per heavy atom. The third kappa shape index (κ3) is 13.7. The molecule has 0 aliphatic heterocycles. The van der Waals surface area contributed by atoms with Gasteiger partial charge in [0.25, 0.3) is 0 Å². The van der Waals surface area contributed by atoms with Crippen LogP contribution in [0.3, 0.4) is 0 Å². The van der Waals surface area contributed by atoms with Gasteiger partial charge in [0.05, 0.1) is 12.6 Å². The lowest BCUT2D eigenvalue weighted by atomic mass is 10.1. The summed E-state index contributed by atoms with van der Waals surface area (Å²) in [6.07, 6.45) is 2.71. The van der Waals surface area contributed by atoms with Crippen molar-refractivity contribution in [1.82, 2.24) is 21.4 Å². The Morgan fingerprint density at radius 1 is 1.24 bits per heavy atom. The summed E-state index contributed by atoms with van der Waals surface area (Å²) in [5.41, 5.74) is 1.92. The van der Waals surface area contributed by atoms with Crippen LogP contribution in [0, 0.1) is 0 Å². The topological polar surface area (TPSA) is 112 Å². The van der Waals surface area contributed by atoms with Gasteiger partial charge < -0.3 is 30.7 Å². The van der Waals surface area contributed by atoms with Gasteiger partial charge in [0.15, 0.2) is 0 Å². The first-order valence-electron chi connectivity index (χ1n) is 7.29. The summed E-state index contributed by atoms with van der Waals surface area (Å²) >= 11 is 0. The van der Waals surface area contributed by atoms with E-state index in [0.29, 0.717) is 25.9 Å². The van der Waals surface area contributed by atoms with Crippen LogP contribution in [0.25, 0.3) is 0 Å². The molecular formula is C13H28N4O4. The molecule has 5 N–H and O–H groups in total. The predicted molar refractivity (Wildman–Crippen MR) is 79.3 cm³/mol. The number of aldehydes is 1. The molecule has 0 aliphatic rings. The zero-order valence-electron chi connectivity index (χ0n) is 12.7. The Labute approximate surface area is 126 Å². The SMILES string of the molecule is CNCCNCCOCC(=O)NCCCCC(C=O)NO. The number of hydroxylamine groups is 1. The minimum absolute atomic E-state index is 0.0584. The number of hydrogen-bond donors (Lipinski definition) is 5. The van der Waals surface area contributed by atoms with Gasteiger partial charge in [0.2, 0.25) is 5.91 Å². The number of carbonyl (C=O) groups is 2. The van der Waals surface area contributed by atoms with E-state index in [-0.39, 0.29) is 12.5 Å². The van der Waals surface area contributed by atoms with Crippen LogP contribution in [0.1, 0.15) is 19.3 Å². The normalized spacial score (nSPS) is 12.1. The van der Waals surface area contributed by atoms with Gasteiger partial charge >= 0.3 is 0 Å². The first-order chi connectivity index (χ1) is 10.2. The number of rotatable bonds is 15. The van der Waals surface area contributed by atoms with Gasteiger partial charge in [-0.05, 0) is 26.3 Å². The fourth-order valence-electron chi connectivity index (χ4n) is 1.58. The van der Waals surface area contributed by atoms with E-state index in [4.69, 9.17) is 9.94 Å². The lowest BCUT2D eigenvalue weighted by Gasteiger charge is -2.09. The third-order valence-corrected chi connectivity index (χ3v) is 2.80. The summed E-state index contributed by atoms with van der Waals surface area (Å²) in [5.74, 6) is -0.141. The molecule has 8 heteroatoms. The van der Waals surface area contributed by atoms with E-state index in [1.807, 2.05) is 12.5 Å². The molecule has 0 saturated carbocycles. The number of carbonyl (C=O) groups excluding carboxylic acids is 2. The molecule has 0 bridgehead atoms. The van der Waals surface area contributed by atoms with Crippen molar-refractivity contribution in [3.05, 3.63) is 0 Å². The largest absolute Gasteiger partial charge is 0.370 e. The second-order valence-electron chi connectivity index (χ2n) is 4.62. The van der Waals surface area contributed by atoms with Crippen LogP contribution in [0.5, 0.6) is 0 Å². The van der Waals surface area contributed by atoms with E-state index in [9.17, 15) is 9.59 Å². The highest BCUT2D eigenvalue weighted by Crippen LogP contribution is 1.97. The van der Waals surface area contributed by atoms with Crippen molar-refractivity contribution in [3.8, 4) is 0 Å². The summed E-state index contributed by atoms with van der Waals surface area (Å²) in [7, 11) is 1.89. The first kappa shape index (κ1) is 19.9. The van der Waals surface area contributed by atoms with Crippen LogP contribution in [0.2, 0.25) is 0 Å². The van der Waals surface area contributed by atoms with Crippen LogP contribution in [0.15, 0.2) is 0 Å². The van der Waals surface area contributed by atoms with Crippen molar-refractivity contribution >= 4 is 12.2 Å². The van der Waals surface area contributed by atoms with Crippen molar-refractivity contribution in [3.63, 3.8) is 0 Å². The van der Waals surface area contributed by atoms with Crippen molar-refractivity contribution in [2.75, 3.05) is 46.4 Å². The van der Waals surface area contributed by atoms with Crippen LogP contribution in [0.4, 0.5) is 0 Å². The summed E-state index contributed by atoms with van der Waals surface area (Å²) in [4.78, 5) is 21.8. The number of unbranched alkanes of at least 4 members (excludes halogenated alkanes) is 1. The van der Waals surface area contributed by atoms with Crippen molar-refractivity contribution in [2.24, 2.45) is 0 Å². The fourth-order valence-corrected chi connectivity index (χ4v) is 1.58. The van der Waals surface area contributed by atoms with E-state index < -0.39 is 6.04 Å². The minimum atomic E-state index is -0.528. The molecule has 0 rings (SSSR count). The maximum absolute atomic E-state index is 11.4. The molecule has 124 valence electrons. The molecule has 0 aliphatic carbocycles. The molecule has 8 nitrogen and oxygen atoms in total.